The highest BCUT2D eigenvalue weighted by Crippen LogP contribution is 2.19. The van der Waals surface area contributed by atoms with E-state index in [9.17, 15) is 10.2 Å². The molecular weight excluding hydrogens is 236 g/mol. The van der Waals surface area contributed by atoms with Gasteiger partial charge in [-0.1, -0.05) is 35.5 Å². The summed E-state index contributed by atoms with van der Waals surface area (Å²) in [5, 5.41) is 20.2. The smallest absolute Gasteiger partial charge is 0.0827 e. The van der Waals surface area contributed by atoms with E-state index in [4.69, 9.17) is 0 Å². The van der Waals surface area contributed by atoms with Gasteiger partial charge in [0.15, 0.2) is 0 Å². The van der Waals surface area contributed by atoms with Crippen LogP contribution in [0.15, 0.2) is 35.5 Å². The first kappa shape index (κ1) is 16.2. The third-order valence-electron chi connectivity index (χ3n) is 3.55. The fourth-order valence-corrected chi connectivity index (χ4v) is 2.45. The van der Waals surface area contributed by atoms with Crippen LogP contribution in [0.3, 0.4) is 0 Å². The molecule has 0 fully saturated rings. The lowest BCUT2D eigenvalue weighted by Gasteiger charge is -2.21. The molecule has 2 heteroatoms. The Morgan fingerprint density at radius 3 is 2.63 bits per heavy atom. The van der Waals surface area contributed by atoms with Gasteiger partial charge in [-0.2, -0.15) is 0 Å². The van der Waals surface area contributed by atoms with E-state index in [1.807, 2.05) is 25.2 Å². The average molecular weight is 264 g/mol. The fraction of sp³-hybridized carbons (Fsp3) is 0.647. The van der Waals surface area contributed by atoms with Gasteiger partial charge in [0.2, 0.25) is 0 Å². The maximum absolute atomic E-state index is 10.2. The Labute approximate surface area is 117 Å². The summed E-state index contributed by atoms with van der Waals surface area (Å²) in [6.07, 6.45) is 13.0. The molecule has 0 aromatic heterocycles. The zero-order valence-electron chi connectivity index (χ0n) is 12.5. The van der Waals surface area contributed by atoms with Gasteiger partial charge in [0.05, 0.1) is 11.7 Å². The predicted octanol–water partition coefficient (Wildman–Crippen LogP) is 3.90. The van der Waals surface area contributed by atoms with Crippen molar-refractivity contribution < 1.29 is 10.2 Å². The number of rotatable bonds is 0. The number of allylic oxidation sites excluding steroid dienone is 4. The summed E-state index contributed by atoms with van der Waals surface area (Å²) in [4.78, 5) is 0. The van der Waals surface area contributed by atoms with Crippen molar-refractivity contribution in [3.8, 4) is 0 Å². The molecule has 19 heavy (non-hydrogen) atoms. The summed E-state index contributed by atoms with van der Waals surface area (Å²) >= 11 is 0. The van der Waals surface area contributed by atoms with E-state index in [1.54, 1.807) is 6.92 Å². The second kappa shape index (κ2) is 7.66. The van der Waals surface area contributed by atoms with Crippen molar-refractivity contribution in [1.82, 2.24) is 0 Å². The first-order valence-corrected chi connectivity index (χ1v) is 7.30. The molecule has 0 saturated heterocycles. The summed E-state index contributed by atoms with van der Waals surface area (Å²) in [6.45, 7) is 5.98. The number of aliphatic hydroxyl groups excluding tert-OH is 1. The van der Waals surface area contributed by atoms with E-state index < -0.39 is 11.7 Å². The van der Waals surface area contributed by atoms with Crippen molar-refractivity contribution in [2.45, 2.75) is 71.0 Å². The zero-order chi connectivity index (χ0) is 14.3. The monoisotopic (exact) mass is 264 g/mol. The molecule has 0 aliphatic heterocycles. The minimum absolute atomic E-state index is 0.357. The Bertz CT molecular complexity index is 361. The van der Waals surface area contributed by atoms with E-state index in [2.05, 4.69) is 13.0 Å². The lowest BCUT2D eigenvalue weighted by atomic mass is 9.95. The molecule has 2 atom stereocenters. The largest absolute Gasteiger partial charge is 0.389 e. The maximum Gasteiger partial charge on any atom is 0.0827 e. The Kier molecular flexibility index (Phi) is 6.53. The van der Waals surface area contributed by atoms with Gasteiger partial charge in [0, 0.05) is 6.42 Å². The van der Waals surface area contributed by atoms with Crippen molar-refractivity contribution >= 4 is 0 Å². The first-order valence-electron chi connectivity index (χ1n) is 7.30. The number of hydrogen-bond acceptors (Lipinski definition) is 2. The summed E-state index contributed by atoms with van der Waals surface area (Å²) in [5.41, 5.74) is 1.70. The molecule has 0 amide bonds. The van der Waals surface area contributed by atoms with Gasteiger partial charge in [0.25, 0.3) is 0 Å². The highest BCUT2D eigenvalue weighted by molar-refractivity contribution is 5.09. The van der Waals surface area contributed by atoms with Crippen molar-refractivity contribution in [2.75, 3.05) is 0 Å². The summed E-state index contributed by atoms with van der Waals surface area (Å²) in [5.74, 6) is 0. The summed E-state index contributed by atoms with van der Waals surface area (Å²) in [6, 6.07) is 0. The Morgan fingerprint density at radius 2 is 1.89 bits per heavy atom. The molecule has 0 saturated carbocycles. The maximum atomic E-state index is 10.2. The molecule has 1 aliphatic rings. The van der Waals surface area contributed by atoms with Gasteiger partial charge in [-0.05, 0) is 52.9 Å². The minimum Gasteiger partial charge on any atom is -0.389 e. The van der Waals surface area contributed by atoms with Crippen LogP contribution < -0.4 is 0 Å². The predicted molar refractivity (Wildman–Crippen MR) is 81.0 cm³/mol. The van der Waals surface area contributed by atoms with Gasteiger partial charge in [-0.15, -0.1) is 0 Å². The standard InChI is InChI=1S/C17H28O2/c1-14-8-5-4-6-11-17(3,19)13-16(18)12-15(2)10-7-9-14/h6,9,11-12,16,18-19H,4-5,7-8,10,13H2,1-3H3/b11-6-,14-9+,15-12+. The molecule has 0 aromatic carbocycles. The number of aliphatic hydroxyl groups is 2. The molecule has 108 valence electrons. The SMILES string of the molecule is C/C1=C\C(O)CC(C)(O)/C=C\CCC/C(C)=C/CC1. The van der Waals surface area contributed by atoms with Crippen LogP contribution in [0.1, 0.15) is 59.3 Å². The second-order valence-electron chi connectivity index (χ2n) is 6.03. The lowest BCUT2D eigenvalue weighted by Crippen LogP contribution is -2.26. The van der Waals surface area contributed by atoms with E-state index in [-0.39, 0.29) is 0 Å². The van der Waals surface area contributed by atoms with Gasteiger partial charge >= 0.3 is 0 Å². The summed E-state index contributed by atoms with van der Waals surface area (Å²) in [7, 11) is 0. The molecule has 0 radical (unpaired) electrons. The van der Waals surface area contributed by atoms with Gasteiger partial charge < -0.3 is 10.2 Å². The minimum atomic E-state index is -0.925. The third-order valence-corrected chi connectivity index (χ3v) is 3.55. The third kappa shape index (κ3) is 7.34. The Balaban J connectivity index is 2.77. The van der Waals surface area contributed by atoms with Crippen LogP contribution in [-0.4, -0.2) is 21.9 Å². The first-order chi connectivity index (χ1) is 8.89. The molecule has 0 aromatic rings. The molecule has 2 unspecified atom stereocenters. The van der Waals surface area contributed by atoms with Crippen LogP contribution >= 0.6 is 0 Å². The molecule has 0 heterocycles. The Hall–Kier alpha value is -0.860. The molecule has 0 spiro atoms. The fourth-order valence-electron chi connectivity index (χ4n) is 2.45. The van der Waals surface area contributed by atoms with Crippen molar-refractivity contribution in [3.05, 3.63) is 35.5 Å². The quantitative estimate of drug-likeness (QED) is 0.651. The molecule has 2 nitrogen and oxygen atoms in total. The Morgan fingerprint density at radius 1 is 1.16 bits per heavy atom. The lowest BCUT2D eigenvalue weighted by molar-refractivity contribution is 0.0569. The van der Waals surface area contributed by atoms with E-state index in [0.717, 1.165) is 32.1 Å². The molecular formula is C17H28O2. The van der Waals surface area contributed by atoms with E-state index in [1.165, 1.54) is 11.1 Å². The summed E-state index contributed by atoms with van der Waals surface area (Å²) < 4.78 is 0. The van der Waals surface area contributed by atoms with Crippen LogP contribution in [0.5, 0.6) is 0 Å². The average Bonchev–Trinajstić information content (AvgIpc) is 2.26. The van der Waals surface area contributed by atoms with Crippen LogP contribution in [0.4, 0.5) is 0 Å². The molecule has 1 rings (SSSR count). The van der Waals surface area contributed by atoms with Crippen molar-refractivity contribution in [2.24, 2.45) is 0 Å². The molecule has 0 bridgehead atoms. The van der Waals surface area contributed by atoms with Crippen LogP contribution in [0.25, 0.3) is 0 Å². The topological polar surface area (TPSA) is 40.5 Å². The van der Waals surface area contributed by atoms with Crippen molar-refractivity contribution in [3.63, 3.8) is 0 Å². The molecule has 1 aliphatic carbocycles. The van der Waals surface area contributed by atoms with Gasteiger partial charge in [-0.25, -0.2) is 0 Å². The van der Waals surface area contributed by atoms with Crippen LogP contribution in [-0.2, 0) is 0 Å². The normalized spacial score (nSPS) is 38.5. The van der Waals surface area contributed by atoms with Gasteiger partial charge in [0.1, 0.15) is 0 Å². The van der Waals surface area contributed by atoms with Gasteiger partial charge in [-0.3, -0.25) is 0 Å². The number of hydrogen-bond donors (Lipinski definition) is 2. The van der Waals surface area contributed by atoms with E-state index in [0.29, 0.717) is 6.42 Å². The highest BCUT2D eigenvalue weighted by atomic mass is 16.3. The van der Waals surface area contributed by atoms with Crippen LogP contribution in [0.2, 0.25) is 0 Å². The highest BCUT2D eigenvalue weighted by Gasteiger charge is 2.20. The van der Waals surface area contributed by atoms with Crippen LogP contribution in [0, 0.1) is 0 Å². The molecule has 2 N–H and O–H groups in total. The van der Waals surface area contributed by atoms with E-state index >= 15 is 0 Å². The second-order valence-corrected chi connectivity index (χ2v) is 6.03. The zero-order valence-corrected chi connectivity index (χ0v) is 12.5. The van der Waals surface area contributed by atoms with Crippen molar-refractivity contribution in [1.29, 1.82) is 0 Å².